The van der Waals surface area contributed by atoms with E-state index in [9.17, 15) is 8.42 Å². The van der Waals surface area contributed by atoms with E-state index in [1.165, 1.54) is 6.07 Å². The molecule has 6 heteroatoms. The third-order valence-corrected chi connectivity index (χ3v) is 4.49. The molecular formula is C15H13N3O2S. The minimum Gasteiger partial charge on any atom is -0.398 e. The molecule has 1 heterocycles. The van der Waals surface area contributed by atoms with Crippen molar-refractivity contribution in [3.05, 3.63) is 60.8 Å². The fourth-order valence-corrected chi connectivity index (χ4v) is 3.32. The summed E-state index contributed by atoms with van der Waals surface area (Å²) in [5.41, 5.74) is 7.22. The smallest absolute Gasteiger partial charge is 0.264 e. The summed E-state index contributed by atoms with van der Waals surface area (Å²) in [4.78, 5) is 4.26. The van der Waals surface area contributed by atoms with Crippen molar-refractivity contribution in [2.75, 3.05) is 10.5 Å². The summed E-state index contributed by atoms with van der Waals surface area (Å²) in [7, 11) is -3.72. The van der Waals surface area contributed by atoms with Crippen LogP contribution in [-0.4, -0.2) is 13.4 Å². The van der Waals surface area contributed by atoms with Gasteiger partial charge in [0, 0.05) is 23.0 Å². The Kier molecular flexibility index (Phi) is 3.23. The lowest BCUT2D eigenvalue weighted by molar-refractivity contribution is 0.602. The van der Waals surface area contributed by atoms with Gasteiger partial charge in [0.25, 0.3) is 10.0 Å². The molecule has 0 unspecified atom stereocenters. The number of anilines is 2. The van der Waals surface area contributed by atoms with E-state index in [0.717, 1.165) is 0 Å². The van der Waals surface area contributed by atoms with Crippen LogP contribution in [0.4, 0.5) is 11.4 Å². The second kappa shape index (κ2) is 5.06. The number of hydrogen-bond acceptors (Lipinski definition) is 4. The molecular weight excluding hydrogens is 286 g/mol. The standard InChI is InChI=1S/C15H13N3O2S/c16-13-8-9-14(15-12(13)7-4-10-17-15)21(19,20)18-11-5-2-1-3-6-11/h1-10,18H,16H2. The molecule has 106 valence electrons. The molecule has 1 aromatic heterocycles. The van der Waals surface area contributed by atoms with Crippen LogP contribution in [-0.2, 0) is 10.0 Å². The molecule has 5 nitrogen and oxygen atoms in total. The minimum atomic E-state index is -3.72. The number of nitrogens with one attached hydrogen (secondary N) is 1. The topological polar surface area (TPSA) is 85.1 Å². The molecule has 0 bridgehead atoms. The maximum Gasteiger partial charge on any atom is 0.264 e. The molecule has 0 atom stereocenters. The van der Waals surface area contributed by atoms with Gasteiger partial charge in [-0.15, -0.1) is 0 Å². The fourth-order valence-electron chi connectivity index (χ4n) is 2.10. The lowest BCUT2D eigenvalue weighted by Gasteiger charge is -2.11. The van der Waals surface area contributed by atoms with Gasteiger partial charge in [0.2, 0.25) is 0 Å². The fraction of sp³-hybridized carbons (Fsp3) is 0. The molecule has 0 saturated heterocycles. The van der Waals surface area contributed by atoms with Gasteiger partial charge in [0.1, 0.15) is 4.90 Å². The van der Waals surface area contributed by atoms with E-state index in [1.54, 1.807) is 48.7 Å². The van der Waals surface area contributed by atoms with E-state index in [-0.39, 0.29) is 4.90 Å². The highest BCUT2D eigenvalue weighted by Gasteiger charge is 2.19. The van der Waals surface area contributed by atoms with Crippen LogP contribution >= 0.6 is 0 Å². The Bertz CT molecular complexity index is 893. The first-order chi connectivity index (χ1) is 10.1. The Hall–Kier alpha value is -2.60. The monoisotopic (exact) mass is 299 g/mol. The van der Waals surface area contributed by atoms with Crippen LogP contribution in [0.3, 0.4) is 0 Å². The Labute approximate surface area is 122 Å². The van der Waals surface area contributed by atoms with Crippen LogP contribution in [0, 0.1) is 0 Å². The molecule has 0 amide bonds. The van der Waals surface area contributed by atoms with E-state index in [4.69, 9.17) is 5.73 Å². The molecule has 0 aliphatic heterocycles. The van der Waals surface area contributed by atoms with E-state index in [1.807, 2.05) is 6.07 Å². The van der Waals surface area contributed by atoms with Gasteiger partial charge in [0.15, 0.2) is 0 Å². The number of fused-ring (bicyclic) bond motifs is 1. The number of nitrogens with zero attached hydrogens (tertiary/aromatic N) is 1. The van der Waals surface area contributed by atoms with E-state index in [2.05, 4.69) is 9.71 Å². The highest BCUT2D eigenvalue weighted by atomic mass is 32.2. The first-order valence-electron chi connectivity index (χ1n) is 6.29. The van der Waals surface area contributed by atoms with Gasteiger partial charge in [-0.1, -0.05) is 18.2 Å². The van der Waals surface area contributed by atoms with Gasteiger partial charge >= 0.3 is 0 Å². The van der Waals surface area contributed by atoms with E-state index < -0.39 is 10.0 Å². The Morgan fingerprint density at radius 2 is 1.71 bits per heavy atom. The van der Waals surface area contributed by atoms with Crippen molar-refractivity contribution in [3.8, 4) is 0 Å². The summed E-state index contributed by atoms with van der Waals surface area (Å²) in [6.07, 6.45) is 1.54. The summed E-state index contributed by atoms with van der Waals surface area (Å²) < 4.78 is 27.6. The van der Waals surface area contributed by atoms with Crippen molar-refractivity contribution < 1.29 is 8.42 Å². The average Bonchev–Trinajstić information content (AvgIpc) is 2.48. The molecule has 21 heavy (non-hydrogen) atoms. The largest absolute Gasteiger partial charge is 0.398 e. The molecule has 3 N–H and O–H groups in total. The van der Waals surface area contributed by atoms with Gasteiger partial charge in [-0.3, -0.25) is 9.71 Å². The number of sulfonamides is 1. The molecule has 0 fully saturated rings. The number of pyridine rings is 1. The van der Waals surface area contributed by atoms with Gasteiger partial charge in [-0.25, -0.2) is 8.42 Å². The van der Waals surface area contributed by atoms with Crippen LogP contribution in [0.1, 0.15) is 0 Å². The third-order valence-electron chi connectivity index (χ3n) is 3.08. The Morgan fingerprint density at radius 3 is 2.48 bits per heavy atom. The molecule has 0 aliphatic rings. The van der Waals surface area contributed by atoms with Crippen LogP contribution in [0.2, 0.25) is 0 Å². The first-order valence-corrected chi connectivity index (χ1v) is 7.77. The molecule has 3 aromatic rings. The minimum absolute atomic E-state index is 0.108. The molecule has 0 spiro atoms. The summed E-state index contributed by atoms with van der Waals surface area (Å²) in [5, 5.41) is 0.619. The predicted octanol–water partition coefficient (Wildman–Crippen LogP) is 2.62. The maximum absolute atomic E-state index is 12.5. The normalized spacial score (nSPS) is 11.4. The summed E-state index contributed by atoms with van der Waals surface area (Å²) >= 11 is 0. The second-order valence-corrected chi connectivity index (χ2v) is 6.17. The summed E-state index contributed by atoms with van der Waals surface area (Å²) in [6, 6.07) is 15.2. The van der Waals surface area contributed by atoms with Gasteiger partial charge < -0.3 is 5.73 Å². The zero-order chi connectivity index (χ0) is 14.9. The molecule has 2 aromatic carbocycles. The van der Waals surface area contributed by atoms with Crippen molar-refractivity contribution >= 4 is 32.3 Å². The van der Waals surface area contributed by atoms with Crippen LogP contribution in [0.15, 0.2) is 65.7 Å². The maximum atomic E-state index is 12.5. The number of hydrogen-bond donors (Lipinski definition) is 2. The van der Waals surface area contributed by atoms with E-state index in [0.29, 0.717) is 22.3 Å². The quantitative estimate of drug-likeness (QED) is 0.728. The van der Waals surface area contributed by atoms with Crippen molar-refractivity contribution in [1.29, 1.82) is 0 Å². The zero-order valence-corrected chi connectivity index (χ0v) is 11.8. The van der Waals surface area contributed by atoms with Crippen molar-refractivity contribution in [3.63, 3.8) is 0 Å². The number of benzene rings is 2. The second-order valence-electron chi connectivity index (χ2n) is 4.52. The number of para-hydroxylation sites is 1. The molecule has 0 radical (unpaired) electrons. The summed E-state index contributed by atoms with van der Waals surface area (Å²) in [5.74, 6) is 0. The SMILES string of the molecule is Nc1ccc(S(=O)(=O)Nc2ccccc2)c2ncccc12. The van der Waals surface area contributed by atoms with E-state index >= 15 is 0 Å². The molecule has 0 aliphatic carbocycles. The Balaban J connectivity index is 2.14. The average molecular weight is 299 g/mol. The lowest BCUT2D eigenvalue weighted by atomic mass is 10.2. The number of nitrogens with two attached hydrogens (primary N) is 1. The van der Waals surface area contributed by atoms with Gasteiger partial charge in [0.05, 0.1) is 5.52 Å². The highest BCUT2D eigenvalue weighted by Crippen LogP contribution is 2.27. The summed E-state index contributed by atoms with van der Waals surface area (Å²) in [6.45, 7) is 0. The first kappa shape index (κ1) is 13.4. The number of nitrogen functional groups attached to an aromatic ring is 1. The van der Waals surface area contributed by atoms with Crippen molar-refractivity contribution in [2.24, 2.45) is 0 Å². The predicted molar refractivity (Wildman–Crippen MR) is 83.4 cm³/mol. The molecule has 0 saturated carbocycles. The van der Waals surface area contributed by atoms with Gasteiger partial charge in [-0.05, 0) is 36.4 Å². The third kappa shape index (κ3) is 2.53. The number of rotatable bonds is 3. The highest BCUT2D eigenvalue weighted by molar-refractivity contribution is 7.93. The van der Waals surface area contributed by atoms with Crippen molar-refractivity contribution in [2.45, 2.75) is 4.90 Å². The van der Waals surface area contributed by atoms with Crippen molar-refractivity contribution in [1.82, 2.24) is 4.98 Å². The number of aromatic nitrogens is 1. The molecule has 3 rings (SSSR count). The van der Waals surface area contributed by atoms with Gasteiger partial charge in [-0.2, -0.15) is 0 Å². The Morgan fingerprint density at radius 1 is 0.952 bits per heavy atom. The van der Waals surface area contributed by atoms with Crippen LogP contribution < -0.4 is 10.5 Å². The van der Waals surface area contributed by atoms with Crippen LogP contribution in [0.5, 0.6) is 0 Å². The lowest BCUT2D eigenvalue weighted by Crippen LogP contribution is -2.14. The van der Waals surface area contributed by atoms with Crippen LogP contribution in [0.25, 0.3) is 10.9 Å². The zero-order valence-electron chi connectivity index (χ0n) is 11.0.